The van der Waals surface area contributed by atoms with Crippen molar-refractivity contribution in [3.05, 3.63) is 88.5 Å². The molecule has 3 rings (SSSR count). The van der Waals surface area contributed by atoms with Crippen molar-refractivity contribution in [1.29, 1.82) is 0 Å². The summed E-state index contributed by atoms with van der Waals surface area (Å²) in [7, 11) is 2.45. The van der Waals surface area contributed by atoms with Crippen LogP contribution in [0.3, 0.4) is 0 Å². The van der Waals surface area contributed by atoms with Crippen LogP contribution >= 0.6 is 0 Å². The number of methoxy groups -OCH3 is 2. The summed E-state index contributed by atoms with van der Waals surface area (Å²) in [5.74, 6) is -0.718. The number of carbonyl (C=O) groups excluding carboxylic acids is 3. The first kappa shape index (κ1) is 22.6. The number of nitrogens with one attached hydrogen (secondary N) is 1. The fourth-order valence-corrected chi connectivity index (χ4v) is 2.98. The molecule has 0 atom stereocenters. The Hall–Kier alpha value is -4.13. The Morgan fingerprint density at radius 1 is 0.688 bits per heavy atom. The summed E-state index contributed by atoms with van der Waals surface area (Å²) in [6, 6.07) is 16.7. The second-order valence-corrected chi connectivity index (χ2v) is 7.07. The van der Waals surface area contributed by atoms with Crippen molar-refractivity contribution in [3.63, 3.8) is 0 Å². The second kappa shape index (κ2) is 9.78. The van der Waals surface area contributed by atoms with Crippen LogP contribution < -0.4 is 10.1 Å². The first-order valence-corrected chi connectivity index (χ1v) is 9.79. The van der Waals surface area contributed by atoms with Crippen LogP contribution in [-0.2, 0) is 9.47 Å². The smallest absolute Gasteiger partial charge is 0.338 e. The Labute approximate surface area is 185 Å². The molecule has 32 heavy (non-hydrogen) atoms. The molecule has 0 radical (unpaired) electrons. The largest absolute Gasteiger partial charge is 0.465 e. The summed E-state index contributed by atoms with van der Waals surface area (Å²) in [6.07, 6.45) is 0. The standard InChI is InChI=1S/C25H23NO6/c1-15-5-6-17(13-16(15)2)23(27)26-18-7-9-19(10-8-18)32-20-11-12-21(24(28)30-3)22(14-20)25(29)31-4/h5-14H,1-4H3,(H,26,27). The average Bonchev–Trinajstić information content (AvgIpc) is 2.81. The van der Waals surface area contributed by atoms with Crippen LogP contribution in [0.4, 0.5) is 5.69 Å². The zero-order valence-electron chi connectivity index (χ0n) is 18.2. The quantitative estimate of drug-likeness (QED) is 0.555. The molecular formula is C25H23NO6. The summed E-state index contributed by atoms with van der Waals surface area (Å²) < 4.78 is 15.2. The van der Waals surface area contributed by atoms with Gasteiger partial charge in [-0.05, 0) is 79.6 Å². The fourth-order valence-electron chi connectivity index (χ4n) is 2.98. The van der Waals surface area contributed by atoms with E-state index in [-0.39, 0.29) is 17.0 Å². The highest BCUT2D eigenvalue weighted by molar-refractivity contribution is 6.04. The van der Waals surface area contributed by atoms with Crippen LogP contribution in [0.1, 0.15) is 42.2 Å². The number of anilines is 1. The lowest BCUT2D eigenvalue weighted by Gasteiger charge is -2.11. The van der Waals surface area contributed by atoms with E-state index in [9.17, 15) is 14.4 Å². The number of amides is 1. The van der Waals surface area contributed by atoms with Gasteiger partial charge < -0.3 is 19.5 Å². The number of aryl methyl sites for hydroxylation is 2. The van der Waals surface area contributed by atoms with E-state index in [1.54, 1.807) is 36.4 Å². The van der Waals surface area contributed by atoms with Crippen molar-refractivity contribution >= 4 is 23.5 Å². The Bertz CT molecular complexity index is 1170. The lowest BCUT2D eigenvalue weighted by molar-refractivity contribution is 0.0555. The number of hydrogen-bond donors (Lipinski definition) is 1. The zero-order valence-corrected chi connectivity index (χ0v) is 18.2. The lowest BCUT2D eigenvalue weighted by atomic mass is 10.1. The van der Waals surface area contributed by atoms with Crippen molar-refractivity contribution in [2.24, 2.45) is 0 Å². The van der Waals surface area contributed by atoms with Crippen molar-refractivity contribution in [1.82, 2.24) is 0 Å². The lowest BCUT2D eigenvalue weighted by Crippen LogP contribution is -2.12. The van der Waals surface area contributed by atoms with Gasteiger partial charge in [-0.15, -0.1) is 0 Å². The number of benzene rings is 3. The van der Waals surface area contributed by atoms with Gasteiger partial charge in [0.05, 0.1) is 25.3 Å². The monoisotopic (exact) mass is 433 g/mol. The molecule has 0 aliphatic rings. The number of ether oxygens (including phenoxy) is 3. The van der Waals surface area contributed by atoms with Crippen LogP contribution in [0, 0.1) is 13.8 Å². The fraction of sp³-hybridized carbons (Fsp3) is 0.160. The van der Waals surface area contributed by atoms with Crippen LogP contribution in [0.15, 0.2) is 60.7 Å². The Kier molecular flexibility index (Phi) is 6.90. The van der Waals surface area contributed by atoms with E-state index in [0.717, 1.165) is 11.1 Å². The van der Waals surface area contributed by atoms with E-state index in [0.29, 0.717) is 22.7 Å². The average molecular weight is 433 g/mol. The molecule has 0 fully saturated rings. The minimum absolute atomic E-state index is 0.0362. The molecule has 7 nitrogen and oxygen atoms in total. The van der Waals surface area contributed by atoms with Gasteiger partial charge in [-0.2, -0.15) is 0 Å². The molecule has 1 N–H and O–H groups in total. The third kappa shape index (κ3) is 5.13. The number of carbonyl (C=O) groups is 3. The first-order chi connectivity index (χ1) is 15.3. The minimum Gasteiger partial charge on any atom is -0.465 e. The van der Waals surface area contributed by atoms with Gasteiger partial charge in [0.15, 0.2) is 0 Å². The van der Waals surface area contributed by atoms with Gasteiger partial charge >= 0.3 is 11.9 Å². The highest BCUT2D eigenvalue weighted by Gasteiger charge is 2.19. The molecule has 1 amide bonds. The van der Waals surface area contributed by atoms with E-state index in [1.165, 1.54) is 26.4 Å². The van der Waals surface area contributed by atoms with E-state index < -0.39 is 11.9 Å². The maximum absolute atomic E-state index is 12.5. The topological polar surface area (TPSA) is 90.9 Å². The molecule has 0 aliphatic carbocycles. The number of hydrogen-bond acceptors (Lipinski definition) is 6. The van der Waals surface area contributed by atoms with Crippen molar-refractivity contribution < 1.29 is 28.6 Å². The maximum Gasteiger partial charge on any atom is 0.338 e. The normalized spacial score (nSPS) is 10.2. The Morgan fingerprint density at radius 3 is 1.94 bits per heavy atom. The second-order valence-electron chi connectivity index (χ2n) is 7.07. The van der Waals surface area contributed by atoms with Crippen molar-refractivity contribution in [2.45, 2.75) is 13.8 Å². The molecular weight excluding hydrogens is 410 g/mol. The molecule has 0 heterocycles. The van der Waals surface area contributed by atoms with Crippen molar-refractivity contribution in [3.8, 4) is 11.5 Å². The van der Waals surface area contributed by atoms with Crippen molar-refractivity contribution in [2.75, 3.05) is 19.5 Å². The SMILES string of the molecule is COC(=O)c1ccc(Oc2ccc(NC(=O)c3ccc(C)c(C)c3)cc2)cc1C(=O)OC. The molecule has 0 saturated heterocycles. The zero-order chi connectivity index (χ0) is 23.3. The van der Waals surface area contributed by atoms with Gasteiger partial charge in [0, 0.05) is 11.3 Å². The predicted octanol–water partition coefficient (Wildman–Crippen LogP) is 4.92. The van der Waals surface area contributed by atoms with Gasteiger partial charge in [-0.1, -0.05) is 6.07 Å². The van der Waals surface area contributed by atoms with Crippen LogP contribution in [0.25, 0.3) is 0 Å². The van der Waals surface area contributed by atoms with E-state index >= 15 is 0 Å². The molecule has 3 aromatic rings. The first-order valence-electron chi connectivity index (χ1n) is 9.79. The number of rotatable bonds is 6. The molecule has 0 bridgehead atoms. The van der Waals surface area contributed by atoms with Gasteiger partial charge in [-0.3, -0.25) is 4.79 Å². The maximum atomic E-state index is 12.5. The van der Waals surface area contributed by atoms with Gasteiger partial charge in [0.1, 0.15) is 11.5 Å². The summed E-state index contributed by atoms with van der Waals surface area (Å²) >= 11 is 0. The molecule has 0 aromatic heterocycles. The summed E-state index contributed by atoms with van der Waals surface area (Å²) in [5, 5.41) is 2.85. The summed E-state index contributed by atoms with van der Waals surface area (Å²) in [6.45, 7) is 3.95. The molecule has 164 valence electrons. The molecule has 0 spiro atoms. The van der Waals surface area contributed by atoms with Gasteiger partial charge in [0.25, 0.3) is 5.91 Å². The van der Waals surface area contributed by atoms with E-state index in [2.05, 4.69) is 5.32 Å². The van der Waals surface area contributed by atoms with Crippen LogP contribution in [0.5, 0.6) is 11.5 Å². The van der Waals surface area contributed by atoms with Crippen LogP contribution in [0.2, 0.25) is 0 Å². The highest BCUT2D eigenvalue weighted by Crippen LogP contribution is 2.26. The van der Waals surface area contributed by atoms with E-state index in [1.807, 2.05) is 26.0 Å². The Morgan fingerprint density at radius 2 is 1.31 bits per heavy atom. The predicted molar refractivity (Wildman–Crippen MR) is 120 cm³/mol. The minimum atomic E-state index is -0.680. The Balaban J connectivity index is 1.74. The molecule has 3 aromatic carbocycles. The number of esters is 2. The highest BCUT2D eigenvalue weighted by atomic mass is 16.5. The summed E-state index contributed by atoms with van der Waals surface area (Å²) in [5.41, 5.74) is 3.47. The van der Waals surface area contributed by atoms with Gasteiger partial charge in [-0.25, -0.2) is 9.59 Å². The molecule has 0 aliphatic heterocycles. The van der Waals surface area contributed by atoms with Gasteiger partial charge in [0.2, 0.25) is 0 Å². The van der Waals surface area contributed by atoms with E-state index in [4.69, 9.17) is 14.2 Å². The third-order valence-corrected chi connectivity index (χ3v) is 4.92. The third-order valence-electron chi connectivity index (χ3n) is 4.92. The summed E-state index contributed by atoms with van der Waals surface area (Å²) in [4.78, 5) is 36.4. The molecule has 0 saturated carbocycles. The molecule has 0 unspecified atom stereocenters. The molecule has 7 heteroatoms. The van der Waals surface area contributed by atoms with Crippen LogP contribution in [-0.4, -0.2) is 32.1 Å².